The molecule has 1 saturated heterocycles. The molecule has 1 heterocycles. The van der Waals surface area contributed by atoms with Crippen molar-refractivity contribution in [2.45, 2.75) is 46.5 Å². The Balaban J connectivity index is 1.94. The smallest absolute Gasteiger partial charge is 0.253 e. The van der Waals surface area contributed by atoms with Crippen molar-refractivity contribution in [2.24, 2.45) is 5.92 Å². The molecule has 2 amide bonds. The first-order chi connectivity index (χ1) is 11.0. The van der Waals surface area contributed by atoms with E-state index < -0.39 is 0 Å². The number of benzene rings is 1. The van der Waals surface area contributed by atoms with Crippen LogP contribution >= 0.6 is 0 Å². The summed E-state index contributed by atoms with van der Waals surface area (Å²) in [5, 5.41) is 2.99. The fourth-order valence-electron chi connectivity index (χ4n) is 3.27. The summed E-state index contributed by atoms with van der Waals surface area (Å²) >= 11 is 0. The fraction of sp³-hybridized carbons (Fsp3) is 0.579. The molecule has 4 heteroatoms. The molecule has 4 nitrogen and oxygen atoms in total. The number of amides is 2. The third-order valence-corrected chi connectivity index (χ3v) is 4.34. The molecule has 0 radical (unpaired) electrons. The van der Waals surface area contributed by atoms with Crippen molar-refractivity contribution in [1.82, 2.24) is 10.2 Å². The SMILES string of the molecule is CCCC(=O)NCC1CCCN(C(=O)c2cc(C)cc(C)c2)C1. The third kappa shape index (κ3) is 5.08. The highest BCUT2D eigenvalue weighted by Crippen LogP contribution is 2.19. The van der Waals surface area contributed by atoms with Gasteiger partial charge in [-0.25, -0.2) is 0 Å². The van der Waals surface area contributed by atoms with Gasteiger partial charge in [-0.2, -0.15) is 0 Å². The molecular weight excluding hydrogens is 288 g/mol. The molecule has 1 aromatic carbocycles. The van der Waals surface area contributed by atoms with Crippen LogP contribution in [0.5, 0.6) is 0 Å². The number of piperidine rings is 1. The van der Waals surface area contributed by atoms with E-state index in [4.69, 9.17) is 0 Å². The molecule has 1 N–H and O–H groups in total. The van der Waals surface area contributed by atoms with Crippen LogP contribution in [0.4, 0.5) is 0 Å². The molecule has 1 unspecified atom stereocenters. The van der Waals surface area contributed by atoms with E-state index in [1.54, 1.807) is 0 Å². The summed E-state index contributed by atoms with van der Waals surface area (Å²) in [6.45, 7) is 8.27. The lowest BCUT2D eigenvalue weighted by Gasteiger charge is -2.33. The zero-order valence-corrected chi connectivity index (χ0v) is 14.5. The molecule has 0 aliphatic carbocycles. The number of hydrogen-bond donors (Lipinski definition) is 1. The zero-order valence-electron chi connectivity index (χ0n) is 14.5. The van der Waals surface area contributed by atoms with Gasteiger partial charge in [0.15, 0.2) is 0 Å². The zero-order chi connectivity index (χ0) is 16.8. The summed E-state index contributed by atoms with van der Waals surface area (Å²) in [6.07, 6.45) is 3.53. The topological polar surface area (TPSA) is 49.4 Å². The molecule has 1 aliphatic heterocycles. The van der Waals surface area contributed by atoms with Crippen molar-refractivity contribution < 1.29 is 9.59 Å². The first-order valence-electron chi connectivity index (χ1n) is 8.64. The van der Waals surface area contributed by atoms with Gasteiger partial charge in [0, 0.05) is 31.6 Å². The average Bonchev–Trinajstić information content (AvgIpc) is 2.52. The van der Waals surface area contributed by atoms with Crippen LogP contribution in [0.25, 0.3) is 0 Å². The molecular formula is C19H28N2O2. The van der Waals surface area contributed by atoms with E-state index in [0.717, 1.165) is 49.0 Å². The Kier molecular flexibility index (Phi) is 6.20. The van der Waals surface area contributed by atoms with Gasteiger partial charge < -0.3 is 10.2 Å². The van der Waals surface area contributed by atoms with Gasteiger partial charge in [-0.3, -0.25) is 9.59 Å². The van der Waals surface area contributed by atoms with Crippen LogP contribution in [0.1, 0.15) is 54.1 Å². The van der Waals surface area contributed by atoms with Crippen LogP contribution in [0.3, 0.4) is 0 Å². The lowest BCUT2D eigenvalue weighted by atomic mass is 9.96. The van der Waals surface area contributed by atoms with Crippen molar-refractivity contribution >= 4 is 11.8 Å². The molecule has 1 atom stereocenters. The number of nitrogens with zero attached hydrogens (tertiary/aromatic N) is 1. The van der Waals surface area contributed by atoms with Crippen LogP contribution in [0, 0.1) is 19.8 Å². The van der Waals surface area contributed by atoms with Crippen molar-refractivity contribution in [2.75, 3.05) is 19.6 Å². The molecule has 23 heavy (non-hydrogen) atoms. The first-order valence-corrected chi connectivity index (χ1v) is 8.64. The largest absolute Gasteiger partial charge is 0.356 e. The van der Waals surface area contributed by atoms with Crippen molar-refractivity contribution in [1.29, 1.82) is 0 Å². The van der Waals surface area contributed by atoms with Crippen molar-refractivity contribution in [3.05, 3.63) is 34.9 Å². The monoisotopic (exact) mass is 316 g/mol. The van der Waals surface area contributed by atoms with Crippen LogP contribution < -0.4 is 5.32 Å². The van der Waals surface area contributed by atoms with Gasteiger partial charge in [-0.1, -0.05) is 24.1 Å². The van der Waals surface area contributed by atoms with E-state index in [-0.39, 0.29) is 11.8 Å². The Morgan fingerprint density at radius 2 is 1.91 bits per heavy atom. The van der Waals surface area contributed by atoms with E-state index in [0.29, 0.717) is 18.9 Å². The van der Waals surface area contributed by atoms with Crippen LogP contribution in [-0.2, 0) is 4.79 Å². The Hall–Kier alpha value is -1.84. The van der Waals surface area contributed by atoms with Gasteiger partial charge in [-0.15, -0.1) is 0 Å². The maximum absolute atomic E-state index is 12.7. The number of hydrogen-bond acceptors (Lipinski definition) is 2. The van der Waals surface area contributed by atoms with E-state index >= 15 is 0 Å². The summed E-state index contributed by atoms with van der Waals surface area (Å²) in [7, 11) is 0. The van der Waals surface area contributed by atoms with Crippen LogP contribution in [0.2, 0.25) is 0 Å². The molecule has 0 spiro atoms. The van der Waals surface area contributed by atoms with Crippen molar-refractivity contribution in [3.63, 3.8) is 0 Å². The highest BCUT2D eigenvalue weighted by molar-refractivity contribution is 5.94. The maximum Gasteiger partial charge on any atom is 0.253 e. The lowest BCUT2D eigenvalue weighted by molar-refractivity contribution is -0.121. The summed E-state index contributed by atoms with van der Waals surface area (Å²) in [5.41, 5.74) is 3.01. The van der Waals surface area contributed by atoms with Crippen LogP contribution in [-0.4, -0.2) is 36.3 Å². The second-order valence-corrected chi connectivity index (χ2v) is 6.69. The normalized spacial score (nSPS) is 17.9. The number of aryl methyl sites for hydroxylation is 2. The first kappa shape index (κ1) is 17.5. The Labute approximate surface area is 139 Å². The number of nitrogens with one attached hydrogen (secondary N) is 1. The predicted octanol–water partition coefficient (Wildman–Crippen LogP) is 3.07. The molecule has 126 valence electrons. The minimum atomic E-state index is 0.112. The number of carbonyl (C=O) groups excluding carboxylic acids is 2. The molecule has 1 fully saturated rings. The standard InChI is InChI=1S/C19H28N2O2/c1-4-6-18(22)20-12-16-7-5-8-21(13-16)19(23)17-10-14(2)9-15(3)11-17/h9-11,16H,4-8,12-13H2,1-3H3,(H,20,22). The summed E-state index contributed by atoms with van der Waals surface area (Å²) in [5.74, 6) is 0.589. The minimum Gasteiger partial charge on any atom is -0.356 e. The molecule has 2 rings (SSSR count). The molecule has 0 saturated carbocycles. The summed E-state index contributed by atoms with van der Waals surface area (Å²) < 4.78 is 0. The van der Waals surface area contributed by atoms with Gasteiger partial charge in [0.1, 0.15) is 0 Å². The number of likely N-dealkylation sites (tertiary alicyclic amines) is 1. The van der Waals surface area contributed by atoms with Gasteiger partial charge in [0.2, 0.25) is 5.91 Å². The Bertz CT molecular complexity index is 548. The highest BCUT2D eigenvalue weighted by atomic mass is 16.2. The minimum absolute atomic E-state index is 0.112. The van der Waals surface area contributed by atoms with Gasteiger partial charge in [0.05, 0.1) is 0 Å². The van der Waals surface area contributed by atoms with Crippen molar-refractivity contribution in [3.8, 4) is 0 Å². The summed E-state index contributed by atoms with van der Waals surface area (Å²) in [4.78, 5) is 26.3. The average molecular weight is 316 g/mol. The highest BCUT2D eigenvalue weighted by Gasteiger charge is 2.24. The Morgan fingerprint density at radius 1 is 1.22 bits per heavy atom. The number of rotatable bonds is 5. The van der Waals surface area contributed by atoms with E-state index in [1.807, 2.05) is 37.8 Å². The van der Waals surface area contributed by atoms with Gasteiger partial charge >= 0.3 is 0 Å². The third-order valence-electron chi connectivity index (χ3n) is 4.34. The fourth-order valence-corrected chi connectivity index (χ4v) is 3.27. The van der Waals surface area contributed by atoms with E-state index in [2.05, 4.69) is 11.4 Å². The molecule has 0 aromatic heterocycles. The maximum atomic E-state index is 12.7. The van der Waals surface area contributed by atoms with Crippen LogP contribution in [0.15, 0.2) is 18.2 Å². The summed E-state index contributed by atoms with van der Waals surface area (Å²) in [6, 6.07) is 6.00. The van der Waals surface area contributed by atoms with Gasteiger partial charge in [-0.05, 0) is 51.2 Å². The lowest BCUT2D eigenvalue weighted by Crippen LogP contribution is -2.43. The quantitative estimate of drug-likeness (QED) is 0.907. The number of carbonyl (C=O) groups is 2. The second-order valence-electron chi connectivity index (χ2n) is 6.69. The molecule has 1 aliphatic rings. The van der Waals surface area contributed by atoms with E-state index in [1.165, 1.54) is 0 Å². The van der Waals surface area contributed by atoms with E-state index in [9.17, 15) is 9.59 Å². The predicted molar refractivity (Wildman–Crippen MR) is 92.5 cm³/mol. The molecule has 0 bridgehead atoms. The van der Waals surface area contributed by atoms with Gasteiger partial charge in [0.25, 0.3) is 5.91 Å². The Morgan fingerprint density at radius 3 is 2.57 bits per heavy atom. The molecule has 1 aromatic rings. The second kappa shape index (κ2) is 8.14.